The van der Waals surface area contributed by atoms with Gasteiger partial charge in [-0.2, -0.15) is 0 Å². The van der Waals surface area contributed by atoms with E-state index in [1.165, 1.54) is 22.5 Å². The van der Waals surface area contributed by atoms with Crippen LogP contribution in [0.3, 0.4) is 0 Å². The maximum atomic E-state index is 12.9. The van der Waals surface area contributed by atoms with E-state index in [4.69, 9.17) is 11.6 Å². The number of piperidine rings is 1. The molecule has 150 valence electrons. The van der Waals surface area contributed by atoms with Crippen molar-refractivity contribution in [3.8, 4) is 0 Å². The minimum atomic E-state index is -1.72. The van der Waals surface area contributed by atoms with Crippen molar-refractivity contribution in [1.29, 1.82) is 0 Å². The molecule has 1 amide bonds. The van der Waals surface area contributed by atoms with E-state index in [0.717, 1.165) is 5.56 Å². The zero-order valence-corrected chi connectivity index (χ0v) is 16.8. The second kappa shape index (κ2) is 7.70. The third-order valence-electron chi connectivity index (χ3n) is 5.34. The predicted octanol–water partition coefficient (Wildman–Crippen LogP) is 2.07. The number of pyridine rings is 1. The molecule has 0 radical (unpaired) electrons. The second-order valence-corrected chi connectivity index (χ2v) is 8.15. The smallest absolute Gasteiger partial charge is 0.256 e. The highest BCUT2D eigenvalue weighted by Gasteiger charge is 2.41. The van der Waals surface area contributed by atoms with Crippen LogP contribution < -0.4 is 5.56 Å². The molecule has 1 saturated heterocycles. The van der Waals surface area contributed by atoms with Gasteiger partial charge in [-0.3, -0.25) is 9.59 Å². The lowest BCUT2D eigenvalue weighted by atomic mass is 9.84. The Kier molecular flexibility index (Phi) is 5.66. The van der Waals surface area contributed by atoms with Crippen molar-refractivity contribution in [2.75, 3.05) is 13.1 Å². The molecule has 1 aromatic carbocycles. The first-order chi connectivity index (χ1) is 13.1. The predicted molar refractivity (Wildman–Crippen MR) is 107 cm³/mol. The number of rotatable bonds is 4. The monoisotopic (exact) mass is 404 g/mol. The van der Waals surface area contributed by atoms with Crippen LogP contribution in [0.2, 0.25) is 5.02 Å². The molecular formula is C21H25ClN2O4. The number of benzene rings is 1. The van der Waals surface area contributed by atoms with Crippen molar-refractivity contribution in [3.63, 3.8) is 0 Å². The summed E-state index contributed by atoms with van der Waals surface area (Å²) in [5.41, 5.74) is -1.61. The van der Waals surface area contributed by atoms with E-state index in [9.17, 15) is 19.8 Å². The third-order valence-corrected chi connectivity index (χ3v) is 5.67. The number of amides is 1. The minimum absolute atomic E-state index is 0.129. The van der Waals surface area contributed by atoms with E-state index in [0.29, 0.717) is 36.5 Å². The van der Waals surface area contributed by atoms with Gasteiger partial charge in [0.25, 0.3) is 11.5 Å². The van der Waals surface area contributed by atoms with Crippen LogP contribution in [0.15, 0.2) is 47.4 Å². The molecule has 0 bridgehead atoms. The van der Waals surface area contributed by atoms with Crippen molar-refractivity contribution >= 4 is 17.5 Å². The summed E-state index contributed by atoms with van der Waals surface area (Å²) in [4.78, 5) is 26.5. The Morgan fingerprint density at radius 1 is 1.25 bits per heavy atom. The van der Waals surface area contributed by atoms with Gasteiger partial charge in [0, 0.05) is 35.9 Å². The molecular weight excluding hydrogens is 380 g/mol. The Bertz CT molecular complexity index is 930. The molecule has 1 aliphatic rings. The van der Waals surface area contributed by atoms with Crippen LogP contribution in [0.25, 0.3) is 0 Å². The van der Waals surface area contributed by atoms with Crippen LogP contribution in [0.4, 0.5) is 0 Å². The maximum Gasteiger partial charge on any atom is 0.256 e. The van der Waals surface area contributed by atoms with Crippen LogP contribution in [0, 0.1) is 6.92 Å². The normalized spacial score (nSPS) is 18.5. The molecule has 0 spiro atoms. The molecule has 1 unspecified atom stereocenters. The van der Waals surface area contributed by atoms with Crippen LogP contribution >= 0.6 is 11.6 Å². The van der Waals surface area contributed by atoms with Gasteiger partial charge in [-0.05, 0) is 44.4 Å². The molecule has 2 aromatic rings. The topological polar surface area (TPSA) is 82.8 Å². The molecule has 1 atom stereocenters. The Morgan fingerprint density at radius 2 is 1.89 bits per heavy atom. The second-order valence-electron chi connectivity index (χ2n) is 7.75. The molecule has 7 heteroatoms. The summed E-state index contributed by atoms with van der Waals surface area (Å²) in [7, 11) is 0. The van der Waals surface area contributed by atoms with Gasteiger partial charge < -0.3 is 19.7 Å². The van der Waals surface area contributed by atoms with Crippen molar-refractivity contribution in [2.45, 2.75) is 44.4 Å². The molecule has 28 heavy (non-hydrogen) atoms. The fourth-order valence-electron chi connectivity index (χ4n) is 3.67. The average molecular weight is 405 g/mol. The lowest BCUT2D eigenvalue weighted by Crippen LogP contribution is -2.54. The lowest BCUT2D eigenvalue weighted by Gasteiger charge is -2.41. The van der Waals surface area contributed by atoms with Crippen LogP contribution in [0.1, 0.15) is 30.9 Å². The standard InChI is InChI=1S/C21H25ClN2O4/c1-15-7-10-24(18(25)13-15)14-20(2,27)19(26)23-11-8-21(28,9-12-23)16-5-3-4-6-17(16)22/h3-7,10,13,27-28H,8-9,11-12,14H2,1-2H3. The quantitative estimate of drug-likeness (QED) is 0.817. The zero-order chi connectivity index (χ0) is 20.5. The first kappa shape index (κ1) is 20.6. The Balaban J connectivity index is 1.70. The molecule has 1 fully saturated rings. The summed E-state index contributed by atoms with van der Waals surface area (Å²) >= 11 is 6.22. The van der Waals surface area contributed by atoms with Gasteiger partial charge in [-0.25, -0.2) is 0 Å². The van der Waals surface area contributed by atoms with E-state index in [1.807, 2.05) is 13.0 Å². The van der Waals surface area contributed by atoms with Gasteiger partial charge in [-0.1, -0.05) is 29.8 Å². The number of halogens is 1. The molecule has 6 nitrogen and oxygen atoms in total. The maximum absolute atomic E-state index is 12.9. The number of aromatic nitrogens is 1. The van der Waals surface area contributed by atoms with Gasteiger partial charge >= 0.3 is 0 Å². The van der Waals surface area contributed by atoms with Gasteiger partial charge in [0.05, 0.1) is 12.1 Å². The third kappa shape index (κ3) is 4.14. The lowest BCUT2D eigenvalue weighted by molar-refractivity contribution is -0.155. The molecule has 2 heterocycles. The summed E-state index contributed by atoms with van der Waals surface area (Å²) in [5.74, 6) is -0.457. The van der Waals surface area contributed by atoms with E-state index >= 15 is 0 Å². The number of aryl methyl sites for hydroxylation is 1. The number of hydrogen-bond donors (Lipinski definition) is 2. The zero-order valence-electron chi connectivity index (χ0n) is 16.1. The van der Waals surface area contributed by atoms with E-state index in [1.54, 1.807) is 30.5 Å². The Labute approximate surface area is 169 Å². The van der Waals surface area contributed by atoms with Crippen LogP contribution in [0.5, 0.6) is 0 Å². The van der Waals surface area contributed by atoms with Crippen LogP contribution in [-0.2, 0) is 16.9 Å². The van der Waals surface area contributed by atoms with Crippen LogP contribution in [-0.4, -0.2) is 44.3 Å². The highest BCUT2D eigenvalue weighted by molar-refractivity contribution is 6.31. The number of likely N-dealkylation sites (tertiary alicyclic amines) is 1. The SMILES string of the molecule is Cc1ccn(CC(C)(O)C(=O)N2CCC(O)(c3ccccc3Cl)CC2)c(=O)c1. The number of nitrogens with zero attached hydrogens (tertiary/aromatic N) is 2. The fourth-order valence-corrected chi connectivity index (χ4v) is 3.98. The van der Waals surface area contributed by atoms with Gasteiger partial charge in [-0.15, -0.1) is 0 Å². The van der Waals surface area contributed by atoms with Gasteiger partial charge in [0.1, 0.15) is 0 Å². The van der Waals surface area contributed by atoms with Gasteiger partial charge in [0.15, 0.2) is 5.60 Å². The summed E-state index contributed by atoms with van der Waals surface area (Å²) in [6.45, 7) is 3.68. The Morgan fingerprint density at radius 3 is 2.50 bits per heavy atom. The van der Waals surface area contributed by atoms with Crippen molar-refractivity contribution < 1.29 is 15.0 Å². The van der Waals surface area contributed by atoms with Crippen molar-refractivity contribution in [1.82, 2.24) is 9.47 Å². The molecule has 1 aliphatic heterocycles. The largest absolute Gasteiger partial charge is 0.385 e. The summed E-state index contributed by atoms with van der Waals surface area (Å²) < 4.78 is 1.33. The number of carbonyl (C=O) groups excluding carboxylic acids is 1. The van der Waals surface area contributed by atoms with E-state index < -0.39 is 17.1 Å². The molecule has 1 aromatic heterocycles. The minimum Gasteiger partial charge on any atom is -0.385 e. The van der Waals surface area contributed by atoms with Gasteiger partial charge in [0.2, 0.25) is 0 Å². The molecule has 0 aliphatic carbocycles. The summed E-state index contributed by atoms with van der Waals surface area (Å²) in [6.07, 6.45) is 2.22. The summed E-state index contributed by atoms with van der Waals surface area (Å²) in [6, 6.07) is 10.4. The number of aliphatic hydroxyl groups is 2. The summed E-state index contributed by atoms with van der Waals surface area (Å²) in [5, 5.41) is 22.2. The van der Waals surface area contributed by atoms with E-state index in [2.05, 4.69) is 0 Å². The fraction of sp³-hybridized carbons (Fsp3) is 0.429. The van der Waals surface area contributed by atoms with Crippen molar-refractivity contribution in [2.24, 2.45) is 0 Å². The first-order valence-corrected chi connectivity index (χ1v) is 9.66. The average Bonchev–Trinajstić information content (AvgIpc) is 2.64. The first-order valence-electron chi connectivity index (χ1n) is 9.29. The Hall–Kier alpha value is -2.15. The van der Waals surface area contributed by atoms with E-state index in [-0.39, 0.29) is 12.1 Å². The molecule has 3 rings (SSSR count). The number of carbonyl (C=O) groups is 1. The van der Waals surface area contributed by atoms with Crippen molar-refractivity contribution in [3.05, 3.63) is 69.1 Å². The molecule has 2 N–H and O–H groups in total. The highest BCUT2D eigenvalue weighted by Crippen LogP contribution is 2.37. The number of hydrogen-bond acceptors (Lipinski definition) is 4. The highest BCUT2D eigenvalue weighted by atomic mass is 35.5. The molecule has 0 saturated carbocycles.